The molecule has 0 radical (unpaired) electrons. The van der Waals surface area contributed by atoms with Gasteiger partial charge in [-0.3, -0.25) is 0 Å². The molecule has 2 heterocycles. The smallest absolute Gasteiger partial charge is 0.191 e. The first kappa shape index (κ1) is 14.6. The quantitative estimate of drug-likeness (QED) is 0.632. The molecular formula is C14H21N5S. The molecule has 0 saturated heterocycles. The van der Waals surface area contributed by atoms with Crippen molar-refractivity contribution in [2.75, 3.05) is 13.1 Å². The second-order valence-electron chi connectivity index (χ2n) is 4.43. The molecule has 20 heavy (non-hydrogen) atoms. The number of hydrogen-bond donors (Lipinski definition) is 2. The molecule has 0 aliphatic rings. The highest BCUT2D eigenvalue weighted by atomic mass is 32.1. The summed E-state index contributed by atoms with van der Waals surface area (Å²) >= 11 is 1.79. The summed E-state index contributed by atoms with van der Waals surface area (Å²) in [5.74, 6) is 0.860. The summed E-state index contributed by atoms with van der Waals surface area (Å²) in [4.78, 5) is 11.2. The van der Waals surface area contributed by atoms with Crippen LogP contribution < -0.4 is 10.6 Å². The topological polar surface area (TPSA) is 54.2 Å². The minimum Gasteiger partial charge on any atom is -0.357 e. The Morgan fingerprint density at radius 1 is 1.40 bits per heavy atom. The second kappa shape index (κ2) is 7.69. The van der Waals surface area contributed by atoms with E-state index in [9.17, 15) is 0 Å². The zero-order valence-corrected chi connectivity index (χ0v) is 12.8. The molecule has 0 aliphatic carbocycles. The Morgan fingerprint density at radius 2 is 2.30 bits per heavy atom. The monoisotopic (exact) mass is 291 g/mol. The summed E-state index contributed by atoms with van der Waals surface area (Å²) in [7, 11) is 0. The third kappa shape index (κ3) is 4.70. The first-order valence-corrected chi connectivity index (χ1v) is 7.63. The van der Waals surface area contributed by atoms with Gasteiger partial charge in [-0.1, -0.05) is 0 Å². The lowest BCUT2D eigenvalue weighted by Gasteiger charge is -2.11. The second-order valence-corrected chi connectivity index (χ2v) is 5.81. The SMILES string of the molecule is CCNC(=NCc1ccc(C)s1)NCCn1ccnc1. The Kier molecular flexibility index (Phi) is 5.61. The summed E-state index contributed by atoms with van der Waals surface area (Å²) in [6, 6.07) is 4.27. The molecule has 2 aromatic rings. The summed E-state index contributed by atoms with van der Waals surface area (Å²) in [5.41, 5.74) is 0. The third-order valence-corrected chi connectivity index (χ3v) is 3.74. The molecule has 0 saturated carbocycles. The van der Waals surface area contributed by atoms with Crippen molar-refractivity contribution in [3.8, 4) is 0 Å². The van der Waals surface area contributed by atoms with Crippen molar-refractivity contribution in [3.05, 3.63) is 40.6 Å². The summed E-state index contributed by atoms with van der Waals surface area (Å²) < 4.78 is 2.04. The van der Waals surface area contributed by atoms with Gasteiger partial charge in [-0.15, -0.1) is 11.3 Å². The van der Waals surface area contributed by atoms with Gasteiger partial charge in [0.15, 0.2) is 5.96 Å². The van der Waals surface area contributed by atoms with Gasteiger partial charge in [0.2, 0.25) is 0 Å². The number of guanidine groups is 1. The molecule has 0 bridgehead atoms. The maximum absolute atomic E-state index is 4.60. The van der Waals surface area contributed by atoms with Crippen molar-refractivity contribution in [1.29, 1.82) is 0 Å². The van der Waals surface area contributed by atoms with Crippen LogP contribution in [0.15, 0.2) is 35.8 Å². The number of aryl methyl sites for hydroxylation is 1. The van der Waals surface area contributed by atoms with Crippen LogP contribution >= 0.6 is 11.3 Å². The minimum atomic E-state index is 0.721. The van der Waals surface area contributed by atoms with Gasteiger partial charge < -0.3 is 15.2 Å². The van der Waals surface area contributed by atoms with Crippen LogP contribution in [-0.2, 0) is 13.1 Å². The molecule has 108 valence electrons. The highest BCUT2D eigenvalue weighted by Gasteiger charge is 1.99. The number of nitrogens with one attached hydrogen (secondary N) is 2. The van der Waals surface area contributed by atoms with Crippen LogP contribution in [0.2, 0.25) is 0 Å². The number of imidazole rings is 1. The maximum atomic E-state index is 4.60. The fourth-order valence-electron chi connectivity index (χ4n) is 1.79. The lowest BCUT2D eigenvalue weighted by Crippen LogP contribution is -2.38. The van der Waals surface area contributed by atoms with Gasteiger partial charge >= 0.3 is 0 Å². The Labute approximate surface area is 123 Å². The van der Waals surface area contributed by atoms with E-state index in [1.54, 1.807) is 17.5 Å². The number of aromatic nitrogens is 2. The molecule has 0 amide bonds. The average molecular weight is 291 g/mol. The zero-order chi connectivity index (χ0) is 14.2. The van der Waals surface area contributed by atoms with Gasteiger partial charge in [-0.2, -0.15) is 0 Å². The van der Waals surface area contributed by atoms with Crippen LogP contribution in [0.5, 0.6) is 0 Å². The Balaban J connectivity index is 1.82. The molecule has 5 nitrogen and oxygen atoms in total. The third-order valence-electron chi connectivity index (χ3n) is 2.75. The molecule has 0 fully saturated rings. The lowest BCUT2D eigenvalue weighted by atomic mass is 10.4. The predicted octanol–water partition coefficient (Wildman–Crippen LogP) is 2.01. The molecule has 2 rings (SSSR count). The molecule has 6 heteroatoms. The first-order valence-electron chi connectivity index (χ1n) is 6.81. The number of rotatable bonds is 6. The van der Waals surface area contributed by atoms with Gasteiger partial charge in [-0.05, 0) is 26.0 Å². The van der Waals surface area contributed by atoms with Crippen LogP contribution in [0.3, 0.4) is 0 Å². The average Bonchev–Trinajstić information content (AvgIpc) is 3.07. The van der Waals surface area contributed by atoms with Crippen LogP contribution in [0.1, 0.15) is 16.7 Å². The Bertz CT molecular complexity index is 530. The van der Waals surface area contributed by atoms with Crippen LogP contribution in [0, 0.1) is 6.92 Å². The molecule has 0 spiro atoms. The van der Waals surface area contributed by atoms with E-state index in [1.807, 2.05) is 17.1 Å². The number of nitrogens with zero attached hydrogens (tertiary/aromatic N) is 3. The van der Waals surface area contributed by atoms with Gasteiger partial charge in [0.1, 0.15) is 0 Å². The van der Waals surface area contributed by atoms with Crippen molar-refractivity contribution < 1.29 is 0 Å². The fraction of sp³-hybridized carbons (Fsp3) is 0.429. The molecule has 2 aromatic heterocycles. The van der Waals surface area contributed by atoms with Crippen LogP contribution in [0.4, 0.5) is 0 Å². The van der Waals surface area contributed by atoms with E-state index >= 15 is 0 Å². The van der Waals surface area contributed by atoms with E-state index in [4.69, 9.17) is 0 Å². The number of aliphatic imine (C=N–C) groups is 1. The fourth-order valence-corrected chi connectivity index (χ4v) is 2.61. The van der Waals surface area contributed by atoms with Crippen molar-refractivity contribution in [2.45, 2.75) is 26.9 Å². The number of thiophene rings is 1. The lowest BCUT2D eigenvalue weighted by molar-refractivity contribution is 0.662. The molecular weight excluding hydrogens is 270 g/mol. The zero-order valence-electron chi connectivity index (χ0n) is 12.0. The minimum absolute atomic E-state index is 0.721. The number of hydrogen-bond acceptors (Lipinski definition) is 3. The largest absolute Gasteiger partial charge is 0.357 e. The van der Waals surface area contributed by atoms with Gasteiger partial charge in [-0.25, -0.2) is 9.98 Å². The molecule has 0 atom stereocenters. The van der Waals surface area contributed by atoms with E-state index in [2.05, 4.69) is 46.6 Å². The van der Waals surface area contributed by atoms with E-state index < -0.39 is 0 Å². The summed E-state index contributed by atoms with van der Waals surface area (Å²) in [6.07, 6.45) is 5.57. The Morgan fingerprint density at radius 3 is 2.95 bits per heavy atom. The van der Waals surface area contributed by atoms with Gasteiger partial charge in [0.05, 0.1) is 12.9 Å². The standard InChI is InChI=1S/C14H21N5S/c1-3-16-14(17-7-9-19-8-6-15-11-19)18-10-13-5-4-12(2)20-13/h4-6,8,11H,3,7,9-10H2,1-2H3,(H2,16,17,18). The maximum Gasteiger partial charge on any atom is 0.191 e. The van der Waals surface area contributed by atoms with Crippen molar-refractivity contribution in [2.24, 2.45) is 4.99 Å². The normalized spacial score (nSPS) is 11.6. The van der Waals surface area contributed by atoms with Crippen molar-refractivity contribution in [1.82, 2.24) is 20.2 Å². The van der Waals surface area contributed by atoms with Crippen molar-refractivity contribution in [3.63, 3.8) is 0 Å². The first-order chi connectivity index (χ1) is 9.78. The summed E-state index contributed by atoms with van der Waals surface area (Å²) in [6.45, 7) is 7.47. The molecule has 2 N–H and O–H groups in total. The molecule has 0 unspecified atom stereocenters. The van der Waals surface area contributed by atoms with E-state index in [1.165, 1.54) is 9.75 Å². The van der Waals surface area contributed by atoms with Crippen molar-refractivity contribution >= 4 is 17.3 Å². The predicted molar refractivity (Wildman–Crippen MR) is 84.1 cm³/mol. The van der Waals surface area contributed by atoms with E-state index in [0.717, 1.165) is 32.1 Å². The van der Waals surface area contributed by atoms with Crippen LogP contribution in [0.25, 0.3) is 0 Å². The van der Waals surface area contributed by atoms with Crippen LogP contribution in [-0.4, -0.2) is 28.6 Å². The van der Waals surface area contributed by atoms with Gasteiger partial charge in [0, 0.05) is 41.8 Å². The molecule has 0 aromatic carbocycles. The van der Waals surface area contributed by atoms with E-state index in [0.29, 0.717) is 0 Å². The highest BCUT2D eigenvalue weighted by Crippen LogP contribution is 2.15. The van der Waals surface area contributed by atoms with Gasteiger partial charge in [0.25, 0.3) is 0 Å². The molecule has 0 aliphatic heterocycles. The summed E-state index contributed by atoms with van der Waals surface area (Å²) in [5, 5.41) is 6.59. The Hall–Kier alpha value is -1.82. The van der Waals surface area contributed by atoms with E-state index in [-0.39, 0.29) is 0 Å². The highest BCUT2D eigenvalue weighted by molar-refractivity contribution is 7.11.